The van der Waals surface area contributed by atoms with Crippen LogP contribution >= 0.6 is 24.0 Å². The number of halogens is 1. The second kappa shape index (κ2) is 15.3. The number of carbonyl (C=O) groups is 1. The molecule has 1 amide bonds. The van der Waals surface area contributed by atoms with Gasteiger partial charge in [-0.3, -0.25) is 14.7 Å². The average Bonchev–Trinajstić information content (AvgIpc) is 2.77. The Labute approximate surface area is 203 Å². The molecule has 31 heavy (non-hydrogen) atoms. The van der Waals surface area contributed by atoms with E-state index in [9.17, 15) is 4.79 Å². The Kier molecular flexibility index (Phi) is 13.5. The number of rotatable bonds is 10. The van der Waals surface area contributed by atoms with E-state index in [1.807, 2.05) is 6.07 Å². The lowest BCUT2D eigenvalue weighted by Gasteiger charge is -2.35. The van der Waals surface area contributed by atoms with Crippen molar-refractivity contribution in [1.29, 1.82) is 0 Å². The molecule has 1 aromatic carbocycles. The number of amides is 1. The highest BCUT2D eigenvalue weighted by molar-refractivity contribution is 14.0. The molecule has 0 aliphatic carbocycles. The van der Waals surface area contributed by atoms with Gasteiger partial charge in [-0.2, -0.15) is 0 Å². The molecule has 1 unspecified atom stereocenters. The molecule has 1 saturated heterocycles. The van der Waals surface area contributed by atoms with Crippen molar-refractivity contribution >= 4 is 35.8 Å². The Bertz CT molecular complexity index is 681. The van der Waals surface area contributed by atoms with Crippen LogP contribution in [0.1, 0.15) is 30.6 Å². The molecule has 0 saturated carbocycles. The van der Waals surface area contributed by atoms with Crippen LogP contribution in [-0.2, 0) is 4.74 Å². The van der Waals surface area contributed by atoms with Crippen LogP contribution in [-0.4, -0.2) is 82.9 Å². The second-order valence-electron chi connectivity index (χ2n) is 7.80. The summed E-state index contributed by atoms with van der Waals surface area (Å²) in [6, 6.07) is 7.56. The Hall–Kier alpha value is -1.59. The number of morpholine rings is 1. The first kappa shape index (κ1) is 27.4. The lowest BCUT2D eigenvalue weighted by Crippen LogP contribution is -2.51. The highest BCUT2D eigenvalue weighted by Crippen LogP contribution is 2.13. The maximum atomic E-state index is 12.3. The van der Waals surface area contributed by atoms with Gasteiger partial charge in [-0.1, -0.05) is 19.9 Å². The fraction of sp³-hybridized carbons (Fsp3) is 0.636. The summed E-state index contributed by atoms with van der Waals surface area (Å²) in [4.78, 5) is 19.1. The van der Waals surface area contributed by atoms with Gasteiger partial charge < -0.3 is 25.4 Å². The number of nitrogens with zero attached hydrogens (tertiary/aromatic N) is 2. The third kappa shape index (κ3) is 10.0. The topological polar surface area (TPSA) is 87.2 Å². The Morgan fingerprint density at radius 1 is 1.19 bits per heavy atom. The summed E-state index contributed by atoms with van der Waals surface area (Å²) < 4.78 is 10.7. The largest absolute Gasteiger partial charge is 0.497 e. The number of ether oxygens (including phenoxy) is 2. The normalized spacial score (nSPS) is 15.7. The molecule has 0 spiro atoms. The fourth-order valence-corrected chi connectivity index (χ4v) is 3.51. The molecule has 1 aliphatic heterocycles. The smallest absolute Gasteiger partial charge is 0.251 e. The standard InChI is InChI=1S/C22H37N5O3.HI/c1-17(2)14-19(27-10-12-30-13-11-27)16-26-22(23-3)25-9-8-24-21(28)18-6-5-7-20(15-18)29-4;/h5-7,15,17,19H,8-14,16H2,1-4H3,(H,24,28)(H2,23,25,26);1H. The molecular formula is C22H38IN5O3. The molecule has 3 N–H and O–H groups in total. The molecule has 0 bridgehead atoms. The van der Waals surface area contributed by atoms with E-state index in [0.29, 0.717) is 36.4 Å². The number of methoxy groups -OCH3 is 1. The van der Waals surface area contributed by atoms with Crippen molar-refractivity contribution in [3.05, 3.63) is 29.8 Å². The molecule has 1 fully saturated rings. The Morgan fingerprint density at radius 3 is 2.55 bits per heavy atom. The number of guanidine groups is 1. The van der Waals surface area contributed by atoms with Gasteiger partial charge in [0.1, 0.15) is 5.75 Å². The Morgan fingerprint density at radius 2 is 1.90 bits per heavy atom. The van der Waals surface area contributed by atoms with E-state index in [2.05, 4.69) is 39.7 Å². The van der Waals surface area contributed by atoms with Crippen LogP contribution in [0.15, 0.2) is 29.3 Å². The zero-order valence-corrected chi connectivity index (χ0v) is 21.5. The van der Waals surface area contributed by atoms with Crippen LogP contribution in [0, 0.1) is 5.92 Å². The molecule has 1 atom stereocenters. The molecule has 1 heterocycles. The maximum Gasteiger partial charge on any atom is 0.251 e. The van der Waals surface area contributed by atoms with Crippen LogP contribution in [0.2, 0.25) is 0 Å². The number of aliphatic imine (C=N–C) groups is 1. The summed E-state index contributed by atoms with van der Waals surface area (Å²) in [7, 11) is 3.35. The predicted molar refractivity (Wildman–Crippen MR) is 136 cm³/mol. The van der Waals surface area contributed by atoms with Crippen LogP contribution in [0.3, 0.4) is 0 Å². The van der Waals surface area contributed by atoms with Crippen molar-refractivity contribution in [2.45, 2.75) is 26.3 Å². The van der Waals surface area contributed by atoms with E-state index in [1.54, 1.807) is 32.4 Å². The number of hydrogen-bond acceptors (Lipinski definition) is 5. The van der Waals surface area contributed by atoms with E-state index in [-0.39, 0.29) is 29.9 Å². The zero-order chi connectivity index (χ0) is 21.8. The van der Waals surface area contributed by atoms with Gasteiger partial charge in [0.2, 0.25) is 0 Å². The van der Waals surface area contributed by atoms with Crippen molar-refractivity contribution in [3.8, 4) is 5.75 Å². The van der Waals surface area contributed by atoms with Gasteiger partial charge in [0.25, 0.3) is 5.91 Å². The molecule has 2 rings (SSSR count). The summed E-state index contributed by atoms with van der Waals surface area (Å²) in [6.45, 7) is 9.97. The third-order valence-corrected chi connectivity index (χ3v) is 5.07. The minimum absolute atomic E-state index is 0. The monoisotopic (exact) mass is 547 g/mol. The minimum atomic E-state index is -0.122. The number of hydrogen-bond donors (Lipinski definition) is 3. The summed E-state index contributed by atoms with van der Waals surface area (Å²) in [5.74, 6) is 1.92. The molecule has 0 radical (unpaired) electrons. The van der Waals surface area contributed by atoms with Gasteiger partial charge in [-0.15, -0.1) is 24.0 Å². The van der Waals surface area contributed by atoms with Crippen molar-refractivity contribution in [2.24, 2.45) is 10.9 Å². The zero-order valence-electron chi connectivity index (χ0n) is 19.1. The summed E-state index contributed by atoms with van der Waals surface area (Å²) in [5, 5.41) is 9.61. The van der Waals surface area contributed by atoms with Crippen molar-refractivity contribution in [2.75, 3.05) is 60.1 Å². The molecule has 9 heteroatoms. The fourth-order valence-electron chi connectivity index (χ4n) is 3.51. The van der Waals surface area contributed by atoms with Crippen LogP contribution in [0.4, 0.5) is 0 Å². The van der Waals surface area contributed by atoms with Crippen molar-refractivity contribution < 1.29 is 14.3 Å². The predicted octanol–water partition coefficient (Wildman–Crippen LogP) is 1.95. The van der Waals surface area contributed by atoms with E-state index < -0.39 is 0 Å². The first-order chi connectivity index (χ1) is 14.5. The van der Waals surface area contributed by atoms with Crippen molar-refractivity contribution in [3.63, 3.8) is 0 Å². The number of carbonyl (C=O) groups excluding carboxylic acids is 1. The van der Waals surface area contributed by atoms with Gasteiger partial charge in [-0.05, 0) is 30.5 Å². The van der Waals surface area contributed by atoms with Crippen molar-refractivity contribution in [1.82, 2.24) is 20.9 Å². The van der Waals surface area contributed by atoms with E-state index in [1.165, 1.54) is 0 Å². The van der Waals surface area contributed by atoms with Gasteiger partial charge in [0.15, 0.2) is 5.96 Å². The van der Waals surface area contributed by atoms with Gasteiger partial charge in [0.05, 0.1) is 20.3 Å². The molecule has 1 aromatic rings. The van der Waals surface area contributed by atoms with Crippen LogP contribution in [0.5, 0.6) is 5.75 Å². The van der Waals surface area contributed by atoms with Gasteiger partial charge >= 0.3 is 0 Å². The average molecular weight is 547 g/mol. The molecular weight excluding hydrogens is 509 g/mol. The SMILES string of the molecule is CN=C(NCCNC(=O)c1cccc(OC)c1)NCC(CC(C)C)N1CCOCC1.I. The molecule has 176 valence electrons. The number of benzene rings is 1. The lowest BCUT2D eigenvalue weighted by atomic mass is 10.0. The highest BCUT2D eigenvalue weighted by Gasteiger charge is 2.22. The molecule has 8 nitrogen and oxygen atoms in total. The van der Waals surface area contributed by atoms with E-state index in [4.69, 9.17) is 9.47 Å². The Balaban J connectivity index is 0.00000480. The number of nitrogens with one attached hydrogen (secondary N) is 3. The van der Waals surface area contributed by atoms with E-state index >= 15 is 0 Å². The summed E-state index contributed by atoms with van der Waals surface area (Å²) in [5.41, 5.74) is 0.582. The van der Waals surface area contributed by atoms with Crippen LogP contribution < -0.4 is 20.7 Å². The van der Waals surface area contributed by atoms with Crippen LogP contribution in [0.25, 0.3) is 0 Å². The summed E-state index contributed by atoms with van der Waals surface area (Å²) in [6.07, 6.45) is 1.13. The minimum Gasteiger partial charge on any atom is -0.497 e. The summed E-state index contributed by atoms with van der Waals surface area (Å²) >= 11 is 0. The quantitative estimate of drug-likeness (QED) is 0.180. The van der Waals surface area contributed by atoms with Gasteiger partial charge in [-0.25, -0.2) is 0 Å². The molecule has 1 aliphatic rings. The van der Waals surface area contributed by atoms with Gasteiger partial charge in [0, 0.05) is 51.4 Å². The van der Waals surface area contributed by atoms with E-state index in [0.717, 1.165) is 45.2 Å². The molecule has 0 aromatic heterocycles. The first-order valence-electron chi connectivity index (χ1n) is 10.7. The lowest BCUT2D eigenvalue weighted by molar-refractivity contribution is 0.0132. The maximum absolute atomic E-state index is 12.3. The highest BCUT2D eigenvalue weighted by atomic mass is 127. The first-order valence-corrected chi connectivity index (χ1v) is 10.7. The third-order valence-electron chi connectivity index (χ3n) is 5.07. The second-order valence-corrected chi connectivity index (χ2v) is 7.80.